The first kappa shape index (κ1) is 19.8. The number of amides is 1. The number of rotatable bonds is 7. The van der Waals surface area contributed by atoms with E-state index in [4.69, 9.17) is 20.9 Å². The van der Waals surface area contributed by atoms with Crippen LogP contribution in [0, 0.1) is 13.8 Å². The van der Waals surface area contributed by atoms with Crippen LogP contribution >= 0.6 is 11.6 Å². The molecule has 0 aliphatic heterocycles. The number of nitrogens with one attached hydrogen (secondary N) is 1. The van der Waals surface area contributed by atoms with Gasteiger partial charge in [0.1, 0.15) is 12.4 Å². The SMILES string of the molecule is Cc1cc(OCc2cc(C(=O)N[C@H](C)Cc3cnccn3)no2)cc(C)c1Cl. The van der Waals surface area contributed by atoms with Crippen molar-refractivity contribution in [3.05, 3.63) is 70.1 Å². The van der Waals surface area contributed by atoms with Crippen LogP contribution < -0.4 is 10.1 Å². The lowest BCUT2D eigenvalue weighted by molar-refractivity contribution is 0.0930. The fourth-order valence-electron chi connectivity index (χ4n) is 2.73. The van der Waals surface area contributed by atoms with Gasteiger partial charge in [0.15, 0.2) is 11.5 Å². The molecule has 0 saturated carbocycles. The van der Waals surface area contributed by atoms with Gasteiger partial charge in [0.25, 0.3) is 5.91 Å². The van der Waals surface area contributed by atoms with E-state index in [0.29, 0.717) is 17.9 Å². The highest BCUT2D eigenvalue weighted by Crippen LogP contribution is 2.26. The maximum atomic E-state index is 12.3. The minimum Gasteiger partial charge on any atom is -0.486 e. The molecule has 0 fully saturated rings. The number of halogens is 1. The fraction of sp³-hybridized carbons (Fsp3) is 0.300. The van der Waals surface area contributed by atoms with Gasteiger partial charge in [-0.25, -0.2) is 0 Å². The topological polar surface area (TPSA) is 90.1 Å². The third-order valence-electron chi connectivity index (χ3n) is 4.09. The van der Waals surface area contributed by atoms with E-state index in [9.17, 15) is 4.79 Å². The Hall–Kier alpha value is -2.93. The monoisotopic (exact) mass is 400 g/mol. The summed E-state index contributed by atoms with van der Waals surface area (Å²) in [5.41, 5.74) is 2.88. The summed E-state index contributed by atoms with van der Waals surface area (Å²) in [6, 6.07) is 5.15. The Bertz CT molecular complexity index is 936. The predicted octanol–water partition coefficient (Wildman–Crippen LogP) is 3.67. The van der Waals surface area contributed by atoms with Gasteiger partial charge in [0, 0.05) is 42.1 Å². The molecule has 146 valence electrons. The molecular weight excluding hydrogens is 380 g/mol. The van der Waals surface area contributed by atoms with Crippen molar-refractivity contribution in [3.8, 4) is 5.75 Å². The zero-order valence-electron chi connectivity index (χ0n) is 15.9. The lowest BCUT2D eigenvalue weighted by atomic mass is 10.1. The lowest BCUT2D eigenvalue weighted by Crippen LogP contribution is -2.34. The van der Waals surface area contributed by atoms with E-state index in [2.05, 4.69) is 20.4 Å². The molecule has 2 aromatic heterocycles. The predicted molar refractivity (Wildman–Crippen MR) is 104 cm³/mol. The molecule has 0 unspecified atom stereocenters. The van der Waals surface area contributed by atoms with Crippen molar-refractivity contribution >= 4 is 17.5 Å². The van der Waals surface area contributed by atoms with Crippen LogP contribution in [0.15, 0.2) is 41.3 Å². The second-order valence-corrected chi connectivity index (χ2v) is 6.99. The molecular formula is C20H21ClN4O3. The number of hydrogen-bond donors (Lipinski definition) is 1. The maximum absolute atomic E-state index is 12.3. The molecule has 0 bridgehead atoms. The van der Waals surface area contributed by atoms with Gasteiger partial charge in [-0.05, 0) is 44.0 Å². The summed E-state index contributed by atoms with van der Waals surface area (Å²) in [5, 5.41) is 7.41. The Balaban J connectivity index is 1.55. The number of aromatic nitrogens is 3. The van der Waals surface area contributed by atoms with Crippen LogP contribution in [0.4, 0.5) is 0 Å². The number of nitrogens with zero attached hydrogens (tertiary/aromatic N) is 3. The molecule has 0 aliphatic rings. The molecule has 0 saturated heterocycles. The smallest absolute Gasteiger partial charge is 0.273 e. The number of benzene rings is 1. The minimum atomic E-state index is -0.315. The minimum absolute atomic E-state index is 0.124. The molecule has 2 heterocycles. The van der Waals surface area contributed by atoms with Gasteiger partial charge in [-0.3, -0.25) is 14.8 Å². The van der Waals surface area contributed by atoms with Crippen molar-refractivity contribution in [2.24, 2.45) is 0 Å². The van der Waals surface area contributed by atoms with Gasteiger partial charge in [-0.1, -0.05) is 16.8 Å². The van der Waals surface area contributed by atoms with E-state index in [1.54, 1.807) is 24.7 Å². The summed E-state index contributed by atoms with van der Waals surface area (Å²) >= 11 is 6.16. The molecule has 0 spiro atoms. The molecule has 8 heteroatoms. The van der Waals surface area contributed by atoms with Crippen LogP contribution in [0.1, 0.15) is 40.0 Å². The summed E-state index contributed by atoms with van der Waals surface area (Å²) in [4.78, 5) is 20.6. The highest BCUT2D eigenvalue weighted by molar-refractivity contribution is 6.32. The first-order valence-corrected chi connectivity index (χ1v) is 9.21. The van der Waals surface area contributed by atoms with Gasteiger partial charge in [-0.15, -0.1) is 0 Å². The molecule has 1 amide bonds. The van der Waals surface area contributed by atoms with Gasteiger partial charge < -0.3 is 14.6 Å². The Labute approximate surface area is 168 Å². The summed E-state index contributed by atoms with van der Waals surface area (Å²) in [6.07, 6.45) is 5.48. The Kier molecular flexibility index (Phi) is 6.26. The summed E-state index contributed by atoms with van der Waals surface area (Å²) in [7, 11) is 0. The number of aryl methyl sites for hydroxylation is 2. The highest BCUT2D eigenvalue weighted by atomic mass is 35.5. The van der Waals surface area contributed by atoms with E-state index >= 15 is 0 Å². The number of ether oxygens (including phenoxy) is 1. The Morgan fingerprint density at radius 1 is 1.25 bits per heavy atom. The van der Waals surface area contributed by atoms with Crippen molar-refractivity contribution < 1.29 is 14.1 Å². The van der Waals surface area contributed by atoms with E-state index < -0.39 is 0 Å². The van der Waals surface area contributed by atoms with Gasteiger partial charge in [0.2, 0.25) is 0 Å². The average Bonchev–Trinajstić information content (AvgIpc) is 3.14. The highest BCUT2D eigenvalue weighted by Gasteiger charge is 2.16. The van der Waals surface area contributed by atoms with Crippen molar-refractivity contribution in [1.82, 2.24) is 20.4 Å². The molecule has 0 radical (unpaired) electrons. The van der Waals surface area contributed by atoms with Gasteiger partial charge >= 0.3 is 0 Å². The van der Waals surface area contributed by atoms with Crippen molar-refractivity contribution in [2.75, 3.05) is 0 Å². The van der Waals surface area contributed by atoms with E-state index in [1.165, 1.54) is 0 Å². The summed E-state index contributed by atoms with van der Waals surface area (Å²) in [5.74, 6) is 0.820. The molecule has 1 atom stereocenters. The second kappa shape index (κ2) is 8.84. The average molecular weight is 401 g/mol. The lowest BCUT2D eigenvalue weighted by Gasteiger charge is -2.11. The molecule has 1 aromatic carbocycles. The zero-order chi connectivity index (χ0) is 20.1. The van der Waals surface area contributed by atoms with Crippen LogP contribution in [-0.2, 0) is 13.0 Å². The van der Waals surface area contributed by atoms with E-state index in [0.717, 1.165) is 21.8 Å². The molecule has 1 N–H and O–H groups in total. The van der Waals surface area contributed by atoms with Crippen LogP contribution in [0.5, 0.6) is 5.75 Å². The number of hydrogen-bond acceptors (Lipinski definition) is 6. The standard InChI is InChI=1S/C20H21ClN4O3/c1-12-6-16(7-13(2)19(12)21)27-11-17-9-18(25-28-17)20(26)24-14(3)8-15-10-22-4-5-23-15/h4-7,9-10,14H,8,11H2,1-3H3,(H,24,26)/t14-/m1/s1. The second-order valence-electron chi connectivity index (χ2n) is 6.61. The quantitative estimate of drug-likeness (QED) is 0.650. The van der Waals surface area contributed by atoms with Crippen molar-refractivity contribution in [3.63, 3.8) is 0 Å². The van der Waals surface area contributed by atoms with E-state index in [1.807, 2.05) is 32.9 Å². The van der Waals surface area contributed by atoms with Crippen LogP contribution in [-0.4, -0.2) is 27.1 Å². The van der Waals surface area contributed by atoms with Crippen molar-refractivity contribution in [2.45, 2.75) is 39.8 Å². The fourth-order valence-corrected chi connectivity index (χ4v) is 2.84. The van der Waals surface area contributed by atoms with Gasteiger partial charge in [-0.2, -0.15) is 0 Å². The number of carbonyl (C=O) groups is 1. The maximum Gasteiger partial charge on any atom is 0.273 e. The van der Waals surface area contributed by atoms with E-state index in [-0.39, 0.29) is 24.2 Å². The Morgan fingerprint density at radius 3 is 2.68 bits per heavy atom. The molecule has 0 aliphatic carbocycles. The third kappa shape index (κ3) is 5.07. The first-order valence-electron chi connectivity index (χ1n) is 8.83. The van der Waals surface area contributed by atoms with Crippen LogP contribution in [0.2, 0.25) is 5.02 Å². The Morgan fingerprint density at radius 2 is 2.00 bits per heavy atom. The third-order valence-corrected chi connectivity index (χ3v) is 4.69. The largest absolute Gasteiger partial charge is 0.486 e. The molecule has 28 heavy (non-hydrogen) atoms. The first-order chi connectivity index (χ1) is 13.4. The van der Waals surface area contributed by atoms with Crippen LogP contribution in [0.3, 0.4) is 0 Å². The van der Waals surface area contributed by atoms with Crippen LogP contribution in [0.25, 0.3) is 0 Å². The van der Waals surface area contributed by atoms with Gasteiger partial charge in [0.05, 0.1) is 5.69 Å². The molecule has 3 aromatic rings. The number of carbonyl (C=O) groups excluding carboxylic acids is 1. The molecule has 7 nitrogen and oxygen atoms in total. The summed E-state index contributed by atoms with van der Waals surface area (Å²) in [6.45, 7) is 5.89. The summed E-state index contributed by atoms with van der Waals surface area (Å²) < 4.78 is 10.9. The normalized spacial score (nSPS) is 11.9. The molecule has 3 rings (SSSR count). The van der Waals surface area contributed by atoms with Crippen molar-refractivity contribution in [1.29, 1.82) is 0 Å². The zero-order valence-corrected chi connectivity index (χ0v) is 16.7.